The highest BCUT2D eigenvalue weighted by molar-refractivity contribution is 14.0. The van der Waals surface area contributed by atoms with E-state index in [1.54, 1.807) is 0 Å². The van der Waals surface area contributed by atoms with Gasteiger partial charge in [0.05, 0.1) is 24.9 Å². The third kappa shape index (κ3) is 10.4. The first-order chi connectivity index (χ1) is 10.4. The number of aliphatic imine (C=N–C) groups is 1. The van der Waals surface area contributed by atoms with Gasteiger partial charge in [0.1, 0.15) is 0 Å². The molecule has 7 heteroatoms. The second-order valence-corrected chi connectivity index (χ2v) is 6.56. The molecule has 0 spiro atoms. The second kappa shape index (κ2) is 12.3. The largest absolute Gasteiger partial charge is 0.389 e. The first-order valence-corrected chi connectivity index (χ1v) is 8.37. The summed E-state index contributed by atoms with van der Waals surface area (Å²) < 4.78 is 11.2. The standard InChI is InChI=1S/C16H33N3O3.HI/c1-5-17-15(19-12-16(4)7-6-8-22-16)18-9-14(20)11-21-10-13(2)3;/h13-14,20H,5-12H2,1-4H3,(H2,17,18,19);1H. The van der Waals surface area contributed by atoms with Crippen molar-refractivity contribution in [2.24, 2.45) is 10.9 Å². The Morgan fingerprint density at radius 2 is 2.09 bits per heavy atom. The van der Waals surface area contributed by atoms with Gasteiger partial charge in [0.15, 0.2) is 5.96 Å². The molecule has 0 aromatic rings. The van der Waals surface area contributed by atoms with E-state index in [1.165, 1.54) is 0 Å². The van der Waals surface area contributed by atoms with Crippen molar-refractivity contribution in [2.75, 3.05) is 39.5 Å². The second-order valence-electron chi connectivity index (χ2n) is 6.56. The van der Waals surface area contributed by atoms with E-state index < -0.39 is 6.10 Å². The predicted octanol–water partition coefficient (Wildman–Crippen LogP) is 1.76. The average Bonchev–Trinajstić information content (AvgIpc) is 2.89. The average molecular weight is 443 g/mol. The molecule has 23 heavy (non-hydrogen) atoms. The lowest BCUT2D eigenvalue weighted by Gasteiger charge is -2.22. The summed E-state index contributed by atoms with van der Waals surface area (Å²) in [5.74, 6) is 1.19. The Hall–Kier alpha value is -0.120. The first-order valence-electron chi connectivity index (χ1n) is 8.37. The quantitative estimate of drug-likeness (QED) is 0.288. The van der Waals surface area contributed by atoms with Crippen molar-refractivity contribution in [1.29, 1.82) is 0 Å². The molecule has 0 saturated carbocycles. The Bertz CT molecular complexity index is 335. The van der Waals surface area contributed by atoms with Gasteiger partial charge in [-0.2, -0.15) is 0 Å². The topological polar surface area (TPSA) is 75.1 Å². The Morgan fingerprint density at radius 1 is 1.35 bits per heavy atom. The minimum atomic E-state index is -0.541. The fourth-order valence-electron chi connectivity index (χ4n) is 2.26. The van der Waals surface area contributed by atoms with Crippen molar-refractivity contribution in [1.82, 2.24) is 10.6 Å². The summed E-state index contributed by atoms with van der Waals surface area (Å²) in [5, 5.41) is 16.3. The Morgan fingerprint density at radius 3 is 2.65 bits per heavy atom. The molecule has 1 heterocycles. The smallest absolute Gasteiger partial charge is 0.191 e. The Balaban J connectivity index is 0.00000484. The van der Waals surface area contributed by atoms with Crippen LogP contribution in [0.5, 0.6) is 0 Å². The number of aliphatic hydroxyl groups is 1. The van der Waals surface area contributed by atoms with Crippen LogP contribution >= 0.6 is 24.0 Å². The number of aliphatic hydroxyl groups excluding tert-OH is 1. The van der Waals surface area contributed by atoms with Crippen LogP contribution < -0.4 is 10.6 Å². The summed E-state index contributed by atoms with van der Waals surface area (Å²) in [6, 6.07) is 0. The number of guanidine groups is 1. The van der Waals surface area contributed by atoms with Crippen molar-refractivity contribution >= 4 is 29.9 Å². The van der Waals surface area contributed by atoms with Gasteiger partial charge in [-0.05, 0) is 32.6 Å². The van der Waals surface area contributed by atoms with E-state index in [2.05, 4.69) is 36.4 Å². The number of nitrogens with one attached hydrogen (secondary N) is 2. The summed E-state index contributed by atoms with van der Waals surface area (Å²) in [4.78, 5) is 4.57. The van der Waals surface area contributed by atoms with Gasteiger partial charge in [-0.1, -0.05) is 13.8 Å². The summed E-state index contributed by atoms with van der Waals surface area (Å²) in [6.45, 7) is 12.0. The van der Waals surface area contributed by atoms with Gasteiger partial charge in [0.25, 0.3) is 0 Å². The zero-order chi connectivity index (χ0) is 16.4. The SMILES string of the molecule is CCNC(=NCC1(C)CCCO1)NCC(O)COCC(C)C.I. The molecule has 1 saturated heterocycles. The lowest BCUT2D eigenvalue weighted by molar-refractivity contribution is 0.0269. The van der Waals surface area contributed by atoms with E-state index in [4.69, 9.17) is 9.47 Å². The first kappa shape index (κ1) is 22.9. The van der Waals surface area contributed by atoms with Gasteiger partial charge in [-0.15, -0.1) is 24.0 Å². The molecule has 0 amide bonds. The van der Waals surface area contributed by atoms with E-state index in [0.29, 0.717) is 38.2 Å². The van der Waals surface area contributed by atoms with Gasteiger partial charge in [0, 0.05) is 26.3 Å². The molecular weight excluding hydrogens is 409 g/mol. The highest BCUT2D eigenvalue weighted by Crippen LogP contribution is 2.24. The molecule has 2 atom stereocenters. The van der Waals surface area contributed by atoms with Crippen molar-refractivity contribution in [3.63, 3.8) is 0 Å². The van der Waals surface area contributed by atoms with Crippen LogP contribution in [0.25, 0.3) is 0 Å². The number of hydrogen-bond donors (Lipinski definition) is 3. The molecule has 2 unspecified atom stereocenters. The van der Waals surface area contributed by atoms with Gasteiger partial charge >= 0.3 is 0 Å². The normalized spacial score (nSPS) is 22.8. The van der Waals surface area contributed by atoms with Crippen LogP contribution in [0.4, 0.5) is 0 Å². The van der Waals surface area contributed by atoms with E-state index in [-0.39, 0.29) is 29.6 Å². The molecular formula is C16H34IN3O3. The Labute approximate surface area is 157 Å². The fourth-order valence-corrected chi connectivity index (χ4v) is 2.26. The van der Waals surface area contributed by atoms with Crippen LogP contribution in [0, 0.1) is 5.92 Å². The molecule has 0 aromatic heterocycles. The van der Waals surface area contributed by atoms with Gasteiger partial charge < -0.3 is 25.2 Å². The maximum Gasteiger partial charge on any atom is 0.191 e. The van der Waals surface area contributed by atoms with E-state index in [9.17, 15) is 5.11 Å². The van der Waals surface area contributed by atoms with Gasteiger partial charge in [-0.25, -0.2) is 0 Å². The molecule has 0 bridgehead atoms. The maximum atomic E-state index is 9.91. The van der Waals surface area contributed by atoms with Gasteiger partial charge in [0.2, 0.25) is 0 Å². The van der Waals surface area contributed by atoms with Crippen molar-refractivity contribution in [3.8, 4) is 0 Å². The minimum Gasteiger partial charge on any atom is -0.389 e. The van der Waals surface area contributed by atoms with Crippen LogP contribution in [0.15, 0.2) is 4.99 Å². The minimum absolute atomic E-state index is 0. The molecule has 1 aliphatic heterocycles. The molecule has 0 aliphatic carbocycles. The lowest BCUT2D eigenvalue weighted by Crippen LogP contribution is -2.43. The van der Waals surface area contributed by atoms with E-state index >= 15 is 0 Å². The zero-order valence-corrected chi connectivity index (χ0v) is 17.3. The van der Waals surface area contributed by atoms with Crippen LogP contribution in [-0.2, 0) is 9.47 Å². The third-order valence-electron chi connectivity index (χ3n) is 3.48. The van der Waals surface area contributed by atoms with Crippen LogP contribution in [-0.4, -0.2) is 62.2 Å². The van der Waals surface area contributed by atoms with Crippen molar-refractivity contribution in [3.05, 3.63) is 0 Å². The molecule has 0 aromatic carbocycles. The van der Waals surface area contributed by atoms with Crippen molar-refractivity contribution < 1.29 is 14.6 Å². The predicted molar refractivity (Wildman–Crippen MR) is 105 cm³/mol. The molecule has 3 N–H and O–H groups in total. The fraction of sp³-hybridized carbons (Fsp3) is 0.938. The number of ether oxygens (including phenoxy) is 2. The molecule has 1 rings (SSSR count). The molecule has 6 nitrogen and oxygen atoms in total. The summed E-state index contributed by atoms with van der Waals surface area (Å²) >= 11 is 0. The van der Waals surface area contributed by atoms with E-state index in [0.717, 1.165) is 26.0 Å². The number of hydrogen-bond acceptors (Lipinski definition) is 4. The third-order valence-corrected chi connectivity index (χ3v) is 3.48. The maximum absolute atomic E-state index is 9.91. The van der Waals surface area contributed by atoms with Crippen LogP contribution in [0.1, 0.15) is 40.5 Å². The number of rotatable bonds is 9. The van der Waals surface area contributed by atoms with Crippen LogP contribution in [0.2, 0.25) is 0 Å². The lowest BCUT2D eigenvalue weighted by atomic mass is 10.0. The van der Waals surface area contributed by atoms with Crippen molar-refractivity contribution in [2.45, 2.75) is 52.2 Å². The monoisotopic (exact) mass is 443 g/mol. The van der Waals surface area contributed by atoms with E-state index in [1.807, 2.05) is 6.92 Å². The molecule has 1 aliphatic rings. The summed E-state index contributed by atoms with van der Waals surface area (Å²) in [6.07, 6.45) is 1.60. The molecule has 0 radical (unpaired) electrons. The number of nitrogens with zero attached hydrogens (tertiary/aromatic N) is 1. The van der Waals surface area contributed by atoms with Crippen LogP contribution in [0.3, 0.4) is 0 Å². The summed E-state index contributed by atoms with van der Waals surface area (Å²) in [7, 11) is 0. The zero-order valence-electron chi connectivity index (χ0n) is 14.9. The number of halogens is 1. The molecule has 138 valence electrons. The highest BCUT2D eigenvalue weighted by atomic mass is 127. The van der Waals surface area contributed by atoms with Gasteiger partial charge in [-0.3, -0.25) is 4.99 Å². The molecule has 1 fully saturated rings. The summed E-state index contributed by atoms with van der Waals surface area (Å²) in [5.41, 5.74) is -0.151. The highest BCUT2D eigenvalue weighted by Gasteiger charge is 2.29. The Kier molecular flexibility index (Phi) is 12.2.